The van der Waals surface area contributed by atoms with Crippen molar-refractivity contribution in [1.29, 1.82) is 0 Å². The van der Waals surface area contributed by atoms with Crippen LogP contribution in [0.15, 0.2) is 30.3 Å². The van der Waals surface area contributed by atoms with Crippen molar-refractivity contribution < 1.29 is 24.4 Å². The number of aryl methyl sites for hydroxylation is 1. The fourth-order valence-corrected chi connectivity index (χ4v) is 4.98. The number of rotatable bonds is 10. The Kier molecular flexibility index (Phi) is 8.85. The van der Waals surface area contributed by atoms with E-state index >= 15 is 0 Å². The first-order valence-corrected chi connectivity index (χ1v) is 12.3. The third-order valence-corrected chi connectivity index (χ3v) is 7.04. The van der Waals surface area contributed by atoms with Crippen molar-refractivity contribution in [2.45, 2.75) is 57.9 Å². The van der Waals surface area contributed by atoms with Gasteiger partial charge in [0.25, 0.3) is 5.91 Å². The molecule has 0 aliphatic carbocycles. The van der Waals surface area contributed by atoms with Gasteiger partial charge in [0.2, 0.25) is 11.8 Å². The molecule has 0 bridgehead atoms. The fourth-order valence-electron chi connectivity index (χ4n) is 4.98. The summed E-state index contributed by atoms with van der Waals surface area (Å²) in [5.74, 6) is -3.28. The van der Waals surface area contributed by atoms with E-state index in [1.807, 2.05) is 51.2 Å². The zero-order valence-electron chi connectivity index (χ0n) is 20.8. The molecular formula is C25H37N5O5. The number of piperidine rings is 1. The number of benzene rings is 1. The molecule has 0 aromatic heterocycles. The first-order chi connectivity index (χ1) is 16.7. The van der Waals surface area contributed by atoms with E-state index in [2.05, 4.69) is 15.6 Å². The van der Waals surface area contributed by atoms with E-state index in [4.69, 9.17) is 0 Å². The van der Waals surface area contributed by atoms with Crippen LogP contribution in [0.5, 0.6) is 0 Å². The SMILES string of the molecule is CC(C)C[C@@H](C(=O)NN1C(=O)NC2(CCN(C)CC2)C1=O)[C@H](CCCc1ccccc1)C(=O)NO. The Morgan fingerprint density at radius 3 is 2.34 bits per heavy atom. The molecule has 2 aliphatic heterocycles. The summed E-state index contributed by atoms with van der Waals surface area (Å²) in [6, 6.07) is 9.14. The number of imide groups is 1. The average molecular weight is 488 g/mol. The monoisotopic (exact) mass is 487 g/mol. The summed E-state index contributed by atoms with van der Waals surface area (Å²) in [5.41, 5.74) is 4.29. The molecule has 2 fully saturated rings. The van der Waals surface area contributed by atoms with Gasteiger partial charge in [-0.3, -0.25) is 25.0 Å². The lowest BCUT2D eigenvalue weighted by molar-refractivity contribution is -0.146. The van der Waals surface area contributed by atoms with Gasteiger partial charge in [0, 0.05) is 13.1 Å². The van der Waals surface area contributed by atoms with E-state index in [0.29, 0.717) is 45.2 Å². The van der Waals surface area contributed by atoms with Gasteiger partial charge in [-0.15, -0.1) is 0 Å². The number of amides is 5. The molecule has 2 aliphatic rings. The van der Waals surface area contributed by atoms with Crippen molar-refractivity contribution in [2.75, 3.05) is 20.1 Å². The van der Waals surface area contributed by atoms with E-state index in [-0.39, 0.29) is 5.92 Å². The summed E-state index contributed by atoms with van der Waals surface area (Å²) in [6.45, 7) is 5.17. The van der Waals surface area contributed by atoms with E-state index in [0.717, 1.165) is 17.0 Å². The molecule has 192 valence electrons. The molecule has 5 amide bonds. The normalized spacial score (nSPS) is 19.5. The molecule has 0 radical (unpaired) electrons. The number of nitrogens with zero attached hydrogens (tertiary/aromatic N) is 2. The highest BCUT2D eigenvalue weighted by molar-refractivity contribution is 6.08. The van der Waals surface area contributed by atoms with E-state index in [1.165, 1.54) is 0 Å². The maximum absolute atomic E-state index is 13.4. The lowest BCUT2D eigenvalue weighted by Crippen LogP contribution is -2.56. The second-order valence-corrected chi connectivity index (χ2v) is 10.1. The van der Waals surface area contributed by atoms with E-state index in [9.17, 15) is 24.4 Å². The molecule has 10 nitrogen and oxygen atoms in total. The lowest BCUT2D eigenvalue weighted by atomic mass is 9.81. The van der Waals surface area contributed by atoms with Crippen LogP contribution in [-0.4, -0.2) is 64.5 Å². The molecule has 10 heteroatoms. The van der Waals surface area contributed by atoms with Gasteiger partial charge in [-0.1, -0.05) is 44.2 Å². The molecule has 1 aromatic rings. The number of hydrogen-bond acceptors (Lipinski definition) is 6. The van der Waals surface area contributed by atoms with Gasteiger partial charge in [0.05, 0.1) is 11.8 Å². The molecule has 0 unspecified atom stereocenters. The third-order valence-electron chi connectivity index (χ3n) is 7.04. The number of carbonyl (C=O) groups is 4. The second kappa shape index (κ2) is 11.6. The van der Waals surface area contributed by atoms with Crippen LogP contribution in [-0.2, 0) is 20.8 Å². The molecule has 0 saturated carbocycles. The molecular weight excluding hydrogens is 450 g/mol. The van der Waals surface area contributed by atoms with Crippen molar-refractivity contribution >= 4 is 23.8 Å². The predicted octanol–water partition coefficient (Wildman–Crippen LogP) is 1.84. The number of hydrogen-bond donors (Lipinski definition) is 4. The smallest absolute Gasteiger partial charge is 0.321 e. The number of likely N-dealkylation sites (tertiary alicyclic amines) is 1. The highest BCUT2D eigenvalue weighted by Gasteiger charge is 2.53. The van der Waals surface area contributed by atoms with Crippen molar-refractivity contribution in [3.05, 3.63) is 35.9 Å². The van der Waals surface area contributed by atoms with E-state index in [1.54, 1.807) is 5.48 Å². The van der Waals surface area contributed by atoms with Crippen LogP contribution in [0.1, 0.15) is 51.5 Å². The standard InChI is InChI=1S/C25H37N5O5/c1-17(2)16-20(19(22(32)28-35)11-7-10-18-8-5-4-6-9-18)21(31)27-30-23(33)25(26-24(30)34)12-14-29(3)15-13-25/h4-6,8-9,17,19-20,35H,7,10-16H2,1-3H3,(H,26,34)(H,27,31)(H,28,32)/t19-,20+/m0/s1. The first kappa shape index (κ1) is 26.6. The van der Waals surface area contributed by atoms with Gasteiger partial charge < -0.3 is 10.2 Å². The number of nitrogens with one attached hydrogen (secondary N) is 3. The first-order valence-electron chi connectivity index (χ1n) is 12.3. The van der Waals surface area contributed by atoms with Crippen molar-refractivity contribution in [3.8, 4) is 0 Å². The Morgan fingerprint density at radius 2 is 1.74 bits per heavy atom. The molecule has 2 saturated heterocycles. The summed E-state index contributed by atoms with van der Waals surface area (Å²) >= 11 is 0. The predicted molar refractivity (Wildman–Crippen MR) is 129 cm³/mol. The minimum absolute atomic E-state index is 0.0668. The summed E-state index contributed by atoms with van der Waals surface area (Å²) in [6.07, 6.45) is 2.99. The van der Waals surface area contributed by atoms with Crippen LogP contribution in [0.4, 0.5) is 4.79 Å². The summed E-state index contributed by atoms with van der Waals surface area (Å²) < 4.78 is 0. The van der Waals surface area contributed by atoms with Gasteiger partial charge in [-0.05, 0) is 57.1 Å². The number of hydroxylamine groups is 1. The summed E-state index contributed by atoms with van der Waals surface area (Å²) in [7, 11) is 1.95. The molecule has 4 N–H and O–H groups in total. The molecule has 2 atom stereocenters. The van der Waals surface area contributed by atoms with Gasteiger partial charge >= 0.3 is 6.03 Å². The molecule has 2 heterocycles. The van der Waals surface area contributed by atoms with Crippen LogP contribution < -0.4 is 16.2 Å². The highest BCUT2D eigenvalue weighted by Crippen LogP contribution is 2.30. The average Bonchev–Trinajstić information content (AvgIpc) is 3.06. The van der Waals surface area contributed by atoms with Gasteiger partial charge in [0.15, 0.2) is 0 Å². The van der Waals surface area contributed by atoms with Crippen LogP contribution in [0.3, 0.4) is 0 Å². The minimum atomic E-state index is -1.01. The Morgan fingerprint density at radius 1 is 1.09 bits per heavy atom. The van der Waals surface area contributed by atoms with Gasteiger partial charge in [-0.25, -0.2) is 10.3 Å². The maximum atomic E-state index is 13.4. The quantitative estimate of drug-likeness (QED) is 0.226. The van der Waals surface area contributed by atoms with Crippen molar-refractivity contribution in [1.82, 2.24) is 26.1 Å². The van der Waals surface area contributed by atoms with E-state index < -0.39 is 41.1 Å². The Hall–Kier alpha value is -2.98. The summed E-state index contributed by atoms with van der Waals surface area (Å²) in [5, 5.41) is 12.9. The van der Waals surface area contributed by atoms with Crippen molar-refractivity contribution in [2.24, 2.45) is 17.8 Å². The Labute approximate surface area is 206 Å². The zero-order chi connectivity index (χ0) is 25.6. The summed E-state index contributed by atoms with van der Waals surface area (Å²) in [4.78, 5) is 53.9. The van der Waals surface area contributed by atoms with Crippen LogP contribution in [0.2, 0.25) is 0 Å². The van der Waals surface area contributed by atoms with Gasteiger partial charge in [-0.2, -0.15) is 5.01 Å². The molecule has 1 aromatic carbocycles. The van der Waals surface area contributed by atoms with Crippen LogP contribution >= 0.6 is 0 Å². The zero-order valence-corrected chi connectivity index (χ0v) is 20.8. The fraction of sp³-hybridized carbons (Fsp3) is 0.600. The minimum Gasteiger partial charge on any atom is -0.321 e. The Balaban J connectivity index is 1.73. The number of carbonyl (C=O) groups excluding carboxylic acids is 4. The molecule has 35 heavy (non-hydrogen) atoms. The van der Waals surface area contributed by atoms with Crippen molar-refractivity contribution in [3.63, 3.8) is 0 Å². The van der Waals surface area contributed by atoms with Gasteiger partial charge in [0.1, 0.15) is 5.54 Å². The third kappa shape index (κ3) is 6.37. The Bertz CT molecular complexity index is 914. The van der Waals surface area contributed by atoms with Crippen LogP contribution in [0.25, 0.3) is 0 Å². The molecule has 1 spiro atoms. The highest BCUT2D eigenvalue weighted by atomic mass is 16.5. The maximum Gasteiger partial charge on any atom is 0.344 e. The second-order valence-electron chi connectivity index (χ2n) is 10.1. The number of hydrazine groups is 1. The lowest BCUT2D eigenvalue weighted by Gasteiger charge is -2.35. The largest absolute Gasteiger partial charge is 0.344 e. The number of urea groups is 1. The van der Waals surface area contributed by atoms with Crippen LogP contribution in [0, 0.1) is 17.8 Å². The molecule has 3 rings (SSSR count). The topological polar surface area (TPSA) is 131 Å².